The molecule has 0 bridgehead atoms. The highest BCUT2D eigenvalue weighted by Gasteiger charge is 2.22. The molecule has 33 heavy (non-hydrogen) atoms. The molecule has 1 aliphatic rings. The van der Waals surface area contributed by atoms with Crippen LogP contribution in [-0.2, 0) is 19.6 Å². The number of methoxy groups -OCH3 is 1. The second kappa shape index (κ2) is 10.9. The van der Waals surface area contributed by atoms with Crippen molar-refractivity contribution in [1.29, 1.82) is 0 Å². The van der Waals surface area contributed by atoms with Crippen LogP contribution in [0.2, 0.25) is 0 Å². The van der Waals surface area contributed by atoms with Crippen molar-refractivity contribution < 1.29 is 22.7 Å². The lowest BCUT2D eigenvalue weighted by Crippen LogP contribution is -2.45. The minimum atomic E-state index is -3.79. The van der Waals surface area contributed by atoms with Gasteiger partial charge in [0, 0.05) is 31.3 Å². The summed E-state index contributed by atoms with van der Waals surface area (Å²) in [4.78, 5) is 26.0. The molecule has 1 aliphatic heterocycles. The van der Waals surface area contributed by atoms with Crippen LogP contribution in [0.15, 0.2) is 70.2 Å². The summed E-state index contributed by atoms with van der Waals surface area (Å²) < 4.78 is 30.3. The summed E-state index contributed by atoms with van der Waals surface area (Å²) in [6, 6.07) is 13.1. The van der Waals surface area contributed by atoms with E-state index in [1.54, 1.807) is 25.3 Å². The molecule has 10 nitrogen and oxygen atoms in total. The number of nitrogens with one attached hydrogen (secondary N) is 3. The molecular weight excluding hydrogens is 446 g/mol. The zero-order chi connectivity index (χ0) is 23.8. The minimum Gasteiger partial charge on any atom is -0.497 e. The average molecular weight is 472 g/mol. The molecule has 2 aromatic carbocycles. The Morgan fingerprint density at radius 2 is 1.79 bits per heavy atom. The number of hydrazone groups is 1. The molecule has 0 radical (unpaired) electrons. The molecule has 0 saturated carbocycles. The molecule has 2 amide bonds. The first-order valence-electron chi connectivity index (χ1n) is 10.1. The molecule has 0 aliphatic carbocycles. The van der Waals surface area contributed by atoms with Crippen molar-refractivity contribution in [1.82, 2.24) is 15.3 Å². The summed E-state index contributed by atoms with van der Waals surface area (Å²) in [6.45, 7) is 1.93. The monoisotopic (exact) mass is 471 g/mol. The summed E-state index contributed by atoms with van der Waals surface area (Å²) >= 11 is 0. The van der Waals surface area contributed by atoms with E-state index in [1.807, 2.05) is 12.1 Å². The maximum Gasteiger partial charge on any atom is 0.267 e. The van der Waals surface area contributed by atoms with Crippen molar-refractivity contribution in [3.8, 4) is 5.75 Å². The number of carbonyl (C=O) groups excluding carboxylic acids is 2. The van der Waals surface area contributed by atoms with Crippen molar-refractivity contribution in [2.45, 2.75) is 18.2 Å². The van der Waals surface area contributed by atoms with Gasteiger partial charge in [-0.05, 0) is 60.5 Å². The standard InChI is InChI=1S/C22H25N5O5S/c1-16(28)24-19-5-9-21(10-6-19)33(30,31)26-27-13-11-18(12-14-27)22(29)25-23-15-17-3-7-20(32-2)8-4-17/h3-11,15,26H,12-14H2,1-2H3,(H,24,28)(H,25,29)/b23-15+. The molecular formula is C22H25N5O5S. The van der Waals surface area contributed by atoms with Gasteiger partial charge >= 0.3 is 0 Å². The Morgan fingerprint density at radius 3 is 2.36 bits per heavy atom. The molecule has 0 aromatic heterocycles. The van der Waals surface area contributed by atoms with E-state index in [0.717, 1.165) is 11.3 Å². The number of hydrogen-bond acceptors (Lipinski definition) is 7. The molecule has 0 fully saturated rings. The molecule has 0 spiro atoms. The van der Waals surface area contributed by atoms with E-state index < -0.39 is 10.0 Å². The van der Waals surface area contributed by atoms with Gasteiger partial charge in [-0.3, -0.25) is 9.59 Å². The maximum atomic E-state index is 12.6. The van der Waals surface area contributed by atoms with Gasteiger partial charge in [-0.15, -0.1) is 4.83 Å². The number of amides is 2. The van der Waals surface area contributed by atoms with Gasteiger partial charge in [0.05, 0.1) is 18.2 Å². The molecule has 0 unspecified atom stereocenters. The summed E-state index contributed by atoms with van der Waals surface area (Å²) in [5, 5.41) is 8.05. The van der Waals surface area contributed by atoms with Crippen LogP contribution in [0.4, 0.5) is 5.69 Å². The predicted molar refractivity (Wildman–Crippen MR) is 124 cm³/mol. The van der Waals surface area contributed by atoms with E-state index in [-0.39, 0.29) is 23.3 Å². The molecule has 3 N–H and O–H groups in total. The van der Waals surface area contributed by atoms with Crippen molar-refractivity contribution in [2.24, 2.45) is 5.10 Å². The van der Waals surface area contributed by atoms with Crippen molar-refractivity contribution in [2.75, 3.05) is 25.5 Å². The normalized spacial score (nSPS) is 14.5. The number of benzene rings is 2. The summed E-state index contributed by atoms with van der Waals surface area (Å²) in [6.07, 6.45) is 3.54. The average Bonchev–Trinajstić information content (AvgIpc) is 2.79. The fraction of sp³-hybridized carbons (Fsp3) is 0.227. The highest BCUT2D eigenvalue weighted by Crippen LogP contribution is 2.16. The van der Waals surface area contributed by atoms with Crippen LogP contribution in [0, 0.1) is 0 Å². The van der Waals surface area contributed by atoms with Crippen LogP contribution >= 0.6 is 0 Å². The molecule has 0 atom stereocenters. The van der Waals surface area contributed by atoms with Crippen LogP contribution in [0.5, 0.6) is 5.75 Å². The number of ether oxygens (including phenoxy) is 1. The van der Waals surface area contributed by atoms with E-state index in [2.05, 4.69) is 20.7 Å². The van der Waals surface area contributed by atoms with E-state index in [1.165, 1.54) is 42.4 Å². The second-order valence-corrected chi connectivity index (χ2v) is 8.86. The van der Waals surface area contributed by atoms with E-state index in [4.69, 9.17) is 4.74 Å². The van der Waals surface area contributed by atoms with Gasteiger partial charge in [0.2, 0.25) is 5.91 Å². The Labute approximate surface area is 192 Å². The number of hydrogen-bond donors (Lipinski definition) is 3. The Bertz CT molecular complexity index is 1160. The number of carbonyl (C=O) groups is 2. The van der Waals surface area contributed by atoms with Crippen LogP contribution in [-0.4, -0.2) is 51.7 Å². The predicted octanol–water partition coefficient (Wildman–Crippen LogP) is 1.63. The molecule has 0 saturated heterocycles. The van der Waals surface area contributed by atoms with Crippen LogP contribution in [0.1, 0.15) is 18.9 Å². The first kappa shape index (κ1) is 24.1. The Kier molecular flexibility index (Phi) is 7.93. The lowest BCUT2D eigenvalue weighted by atomic mass is 10.1. The van der Waals surface area contributed by atoms with Gasteiger partial charge in [-0.2, -0.15) is 5.10 Å². The lowest BCUT2D eigenvalue weighted by Gasteiger charge is -2.25. The molecule has 2 aromatic rings. The maximum absolute atomic E-state index is 12.6. The first-order chi connectivity index (χ1) is 15.8. The molecule has 174 valence electrons. The molecule has 11 heteroatoms. The zero-order valence-corrected chi connectivity index (χ0v) is 19.1. The highest BCUT2D eigenvalue weighted by molar-refractivity contribution is 7.89. The smallest absolute Gasteiger partial charge is 0.267 e. The van der Waals surface area contributed by atoms with Crippen LogP contribution in [0.25, 0.3) is 0 Å². The van der Waals surface area contributed by atoms with Gasteiger partial charge in [-0.1, -0.05) is 6.08 Å². The highest BCUT2D eigenvalue weighted by atomic mass is 32.2. The van der Waals surface area contributed by atoms with Crippen molar-refractivity contribution in [3.05, 3.63) is 65.7 Å². The summed E-state index contributed by atoms with van der Waals surface area (Å²) in [5.74, 6) is 0.150. The van der Waals surface area contributed by atoms with Gasteiger partial charge in [0.25, 0.3) is 15.9 Å². The van der Waals surface area contributed by atoms with Crippen molar-refractivity contribution >= 4 is 33.7 Å². The Balaban J connectivity index is 1.52. The number of anilines is 1. The van der Waals surface area contributed by atoms with Gasteiger partial charge in [0.15, 0.2) is 0 Å². The molecule has 3 rings (SSSR count). The van der Waals surface area contributed by atoms with Crippen molar-refractivity contribution in [3.63, 3.8) is 0 Å². The largest absolute Gasteiger partial charge is 0.497 e. The van der Waals surface area contributed by atoms with Gasteiger partial charge in [-0.25, -0.2) is 18.9 Å². The van der Waals surface area contributed by atoms with Gasteiger partial charge in [0.1, 0.15) is 5.75 Å². The number of rotatable bonds is 8. The second-order valence-electron chi connectivity index (χ2n) is 7.20. The summed E-state index contributed by atoms with van der Waals surface area (Å²) in [7, 11) is -2.21. The fourth-order valence-corrected chi connectivity index (χ4v) is 4.13. The number of hydrazine groups is 1. The van der Waals surface area contributed by atoms with E-state index in [9.17, 15) is 18.0 Å². The minimum absolute atomic E-state index is 0.0667. The SMILES string of the molecule is COc1ccc(/C=N/NC(=O)C2=CCN(NS(=O)(=O)c3ccc(NC(C)=O)cc3)CC2)cc1. The lowest BCUT2D eigenvalue weighted by molar-refractivity contribution is -0.117. The first-order valence-corrected chi connectivity index (χ1v) is 11.6. The molecule has 1 heterocycles. The zero-order valence-electron chi connectivity index (χ0n) is 18.2. The van der Waals surface area contributed by atoms with Crippen LogP contribution in [0.3, 0.4) is 0 Å². The Hall–Kier alpha value is -3.54. The number of nitrogens with zero attached hydrogens (tertiary/aromatic N) is 2. The van der Waals surface area contributed by atoms with E-state index >= 15 is 0 Å². The third kappa shape index (κ3) is 6.97. The third-order valence-corrected chi connectivity index (χ3v) is 6.12. The Morgan fingerprint density at radius 1 is 1.09 bits per heavy atom. The third-order valence-electron chi connectivity index (χ3n) is 4.73. The summed E-state index contributed by atoms with van der Waals surface area (Å²) in [5.41, 5.74) is 4.32. The van der Waals surface area contributed by atoms with Crippen LogP contribution < -0.4 is 20.3 Å². The fourth-order valence-electron chi connectivity index (χ4n) is 3.03. The quantitative estimate of drug-likeness (QED) is 0.396. The van der Waals surface area contributed by atoms with E-state index in [0.29, 0.717) is 24.2 Å². The topological polar surface area (TPSA) is 129 Å². The van der Waals surface area contributed by atoms with Gasteiger partial charge < -0.3 is 10.1 Å². The number of sulfonamides is 1.